The van der Waals surface area contributed by atoms with E-state index < -0.39 is 0 Å². The summed E-state index contributed by atoms with van der Waals surface area (Å²) < 4.78 is 0. The van der Waals surface area contributed by atoms with Crippen molar-refractivity contribution >= 4 is 5.69 Å². The minimum atomic E-state index is 1.07. The van der Waals surface area contributed by atoms with Gasteiger partial charge in [-0.1, -0.05) is 12.1 Å². The topological polar surface area (TPSA) is 3.24 Å². The molecule has 0 spiro atoms. The third kappa shape index (κ3) is 1.46. The average Bonchev–Trinajstić information content (AvgIpc) is 1.90. The Morgan fingerprint density at radius 3 is 2.44 bits per heavy atom. The molecule has 1 aromatic carbocycles. The van der Waals surface area contributed by atoms with Gasteiger partial charge in [0.1, 0.15) is 0 Å². The first kappa shape index (κ1) is 6.14. The summed E-state index contributed by atoms with van der Waals surface area (Å²) >= 11 is 0. The predicted molar refractivity (Wildman–Crippen MR) is 38.4 cm³/mol. The van der Waals surface area contributed by atoms with E-state index in [2.05, 4.69) is 12.1 Å². The lowest BCUT2D eigenvalue weighted by Crippen LogP contribution is -2.07. The van der Waals surface area contributed by atoms with Crippen LogP contribution in [0.25, 0.3) is 0 Å². The van der Waals surface area contributed by atoms with Crippen LogP contribution in [-0.4, -0.2) is 14.1 Å². The summed E-state index contributed by atoms with van der Waals surface area (Å²) in [5.74, 6) is 0. The molecule has 1 aromatic rings. The summed E-state index contributed by atoms with van der Waals surface area (Å²) in [5.41, 5.74) is 1.07. The highest BCUT2D eigenvalue weighted by molar-refractivity contribution is 5.42. The van der Waals surface area contributed by atoms with Gasteiger partial charge in [0.05, 0.1) is 0 Å². The Labute approximate surface area is 55.9 Å². The van der Waals surface area contributed by atoms with E-state index in [9.17, 15) is 0 Å². The molecule has 46 valence electrons. The molecule has 0 heterocycles. The molecule has 2 radical (unpaired) electrons. The van der Waals surface area contributed by atoms with E-state index in [1.807, 2.05) is 37.2 Å². The van der Waals surface area contributed by atoms with Crippen LogP contribution in [0.2, 0.25) is 0 Å². The minimum absolute atomic E-state index is 1.07. The molecule has 0 bridgehead atoms. The second-order valence-electron chi connectivity index (χ2n) is 2.07. The van der Waals surface area contributed by atoms with E-state index >= 15 is 0 Å². The summed E-state index contributed by atoms with van der Waals surface area (Å²) in [6.07, 6.45) is 0. The lowest BCUT2D eigenvalue weighted by atomic mass is 10.3. The highest BCUT2D eigenvalue weighted by Crippen LogP contribution is 2.05. The second kappa shape index (κ2) is 2.53. The molecule has 0 aliphatic heterocycles. The molecule has 0 saturated carbocycles. The SMILES string of the molecule is CN(C)c1[c]cc[c]c1. The Balaban J connectivity index is 2.85. The van der Waals surface area contributed by atoms with Crippen LogP contribution in [-0.2, 0) is 0 Å². The summed E-state index contributed by atoms with van der Waals surface area (Å²) in [6.45, 7) is 0. The van der Waals surface area contributed by atoms with Crippen molar-refractivity contribution in [2.75, 3.05) is 19.0 Å². The Hall–Kier alpha value is -0.980. The van der Waals surface area contributed by atoms with E-state index in [1.54, 1.807) is 0 Å². The zero-order valence-electron chi connectivity index (χ0n) is 5.68. The molecule has 0 aliphatic carbocycles. The Morgan fingerprint density at radius 2 is 2.11 bits per heavy atom. The molecule has 0 amide bonds. The maximum absolute atomic E-state index is 3.06. The predicted octanol–water partition coefficient (Wildman–Crippen LogP) is 1.35. The summed E-state index contributed by atoms with van der Waals surface area (Å²) in [6, 6.07) is 11.6. The van der Waals surface area contributed by atoms with Crippen LogP contribution in [0.1, 0.15) is 0 Å². The molecule has 1 heteroatoms. The molecule has 1 rings (SSSR count). The van der Waals surface area contributed by atoms with Crippen LogP contribution < -0.4 is 4.90 Å². The van der Waals surface area contributed by atoms with Crippen molar-refractivity contribution in [3.8, 4) is 0 Å². The van der Waals surface area contributed by atoms with Crippen molar-refractivity contribution in [3.05, 3.63) is 30.3 Å². The standard InChI is InChI=1S/C8H9N/c1-9(2)8-6-4-3-5-7-8/h3-4,7H,1-2H3. The smallest absolute Gasteiger partial charge is 0.0447 e. The van der Waals surface area contributed by atoms with Gasteiger partial charge in [-0.25, -0.2) is 0 Å². The van der Waals surface area contributed by atoms with Crippen molar-refractivity contribution < 1.29 is 0 Å². The van der Waals surface area contributed by atoms with Crippen molar-refractivity contribution in [3.63, 3.8) is 0 Å². The van der Waals surface area contributed by atoms with E-state index in [0.29, 0.717) is 0 Å². The van der Waals surface area contributed by atoms with Gasteiger partial charge in [-0.15, -0.1) is 0 Å². The van der Waals surface area contributed by atoms with Crippen molar-refractivity contribution in [2.45, 2.75) is 0 Å². The first-order valence-electron chi connectivity index (χ1n) is 2.86. The Bertz CT molecular complexity index is 167. The maximum Gasteiger partial charge on any atom is 0.0447 e. The van der Waals surface area contributed by atoms with Gasteiger partial charge in [0.15, 0.2) is 0 Å². The van der Waals surface area contributed by atoms with Gasteiger partial charge in [-0.2, -0.15) is 0 Å². The fourth-order valence-electron chi connectivity index (χ4n) is 0.602. The Kier molecular flexibility index (Phi) is 1.73. The Morgan fingerprint density at radius 1 is 1.33 bits per heavy atom. The fraction of sp³-hybridized carbons (Fsp3) is 0.250. The lowest BCUT2D eigenvalue weighted by molar-refractivity contribution is 1.13. The van der Waals surface area contributed by atoms with Gasteiger partial charge in [0, 0.05) is 25.8 Å². The van der Waals surface area contributed by atoms with Crippen molar-refractivity contribution in [2.24, 2.45) is 0 Å². The first-order valence-corrected chi connectivity index (χ1v) is 2.86. The number of rotatable bonds is 1. The molecular formula is C8H9N. The van der Waals surface area contributed by atoms with E-state index in [0.717, 1.165) is 5.69 Å². The van der Waals surface area contributed by atoms with E-state index in [-0.39, 0.29) is 0 Å². The molecule has 0 aliphatic rings. The summed E-state index contributed by atoms with van der Waals surface area (Å²) in [7, 11) is 3.97. The molecule has 0 fully saturated rings. The van der Waals surface area contributed by atoms with Crippen molar-refractivity contribution in [1.82, 2.24) is 0 Å². The highest BCUT2D eigenvalue weighted by Gasteiger charge is 1.88. The van der Waals surface area contributed by atoms with Crippen LogP contribution in [0.5, 0.6) is 0 Å². The fourth-order valence-corrected chi connectivity index (χ4v) is 0.602. The number of hydrogen-bond acceptors (Lipinski definition) is 1. The van der Waals surface area contributed by atoms with Gasteiger partial charge in [-0.3, -0.25) is 0 Å². The van der Waals surface area contributed by atoms with Crippen LogP contribution in [0.3, 0.4) is 0 Å². The normalized spacial score (nSPS) is 9.11. The number of benzene rings is 1. The number of anilines is 1. The molecule has 0 unspecified atom stereocenters. The highest BCUT2D eigenvalue weighted by atomic mass is 15.1. The van der Waals surface area contributed by atoms with Crippen LogP contribution >= 0.6 is 0 Å². The lowest BCUT2D eigenvalue weighted by Gasteiger charge is -2.09. The second-order valence-corrected chi connectivity index (χ2v) is 2.07. The van der Waals surface area contributed by atoms with E-state index in [1.165, 1.54) is 0 Å². The molecule has 0 saturated heterocycles. The number of hydrogen-bond donors (Lipinski definition) is 0. The molecular weight excluding hydrogens is 110 g/mol. The first-order chi connectivity index (χ1) is 4.30. The van der Waals surface area contributed by atoms with Gasteiger partial charge in [-0.05, 0) is 12.1 Å². The number of nitrogens with zero attached hydrogens (tertiary/aromatic N) is 1. The zero-order valence-corrected chi connectivity index (χ0v) is 5.68. The van der Waals surface area contributed by atoms with Crippen molar-refractivity contribution in [1.29, 1.82) is 0 Å². The minimum Gasteiger partial charge on any atom is -0.377 e. The average molecular weight is 119 g/mol. The molecule has 0 atom stereocenters. The van der Waals surface area contributed by atoms with Crippen LogP contribution in [0, 0.1) is 12.1 Å². The zero-order chi connectivity index (χ0) is 6.69. The summed E-state index contributed by atoms with van der Waals surface area (Å²) in [4.78, 5) is 2.00. The van der Waals surface area contributed by atoms with Crippen LogP contribution in [0.15, 0.2) is 18.2 Å². The monoisotopic (exact) mass is 119 g/mol. The van der Waals surface area contributed by atoms with Crippen LogP contribution in [0.4, 0.5) is 5.69 Å². The van der Waals surface area contributed by atoms with Gasteiger partial charge in [0.25, 0.3) is 0 Å². The molecule has 1 nitrogen and oxygen atoms in total. The van der Waals surface area contributed by atoms with Gasteiger partial charge >= 0.3 is 0 Å². The third-order valence-electron chi connectivity index (χ3n) is 1.11. The van der Waals surface area contributed by atoms with Gasteiger partial charge < -0.3 is 4.90 Å². The molecule has 9 heavy (non-hydrogen) atoms. The molecule has 0 N–H and O–H groups in total. The van der Waals surface area contributed by atoms with Gasteiger partial charge in [0.2, 0.25) is 0 Å². The maximum atomic E-state index is 3.06. The largest absolute Gasteiger partial charge is 0.377 e. The quantitative estimate of drug-likeness (QED) is 0.539. The summed E-state index contributed by atoms with van der Waals surface area (Å²) in [5, 5.41) is 0. The third-order valence-corrected chi connectivity index (χ3v) is 1.11. The van der Waals surface area contributed by atoms with E-state index in [4.69, 9.17) is 0 Å². The molecule has 0 aromatic heterocycles.